The summed E-state index contributed by atoms with van der Waals surface area (Å²) < 4.78 is 21.4. The lowest BCUT2D eigenvalue weighted by atomic mass is 10.1. The number of hydrogen-bond donors (Lipinski definition) is 1. The summed E-state index contributed by atoms with van der Waals surface area (Å²) in [5.74, 6) is 0.632. The zero-order valence-electron chi connectivity index (χ0n) is 15.9. The number of nitrogen functional groups attached to an aromatic ring is 1. The molecule has 26 heavy (non-hydrogen) atoms. The maximum atomic E-state index is 11.5. The Hall–Kier alpha value is -1.79. The van der Waals surface area contributed by atoms with Gasteiger partial charge in [0.2, 0.25) is 0 Å². The van der Waals surface area contributed by atoms with Crippen LogP contribution in [0.15, 0.2) is 24.3 Å². The number of hydrogen-bond acceptors (Lipinski definition) is 6. The first-order chi connectivity index (χ1) is 12.7. The fraction of sp³-hybridized carbons (Fsp3) is 0.650. The topological polar surface area (TPSA) is 80.0 Å². The number of carbonyl (C=O) groups is 1. The molecular weight excluding hydrogens is 334 g/mol. The van der Waals surface area contributed by atoms with Crippen LogP contribution in [0.3, 0.4) is 0 Å². The zero-order chi connectivity index (χ0) is 18.9. The average molecular weight is 367 g/mol. The van der Waals surface area contributed by atoms with Gasteiger partial charge in [-0.1, -0.05) is 32.6 Å². The highest BCUT2D eigenvalue weighted by Gasteiger charge is 2.02. The lowest BCUT2D eigenvalue weighted by molar-refractivity contribution is -0.145. The van der Waals surface area contributed by atoms with Crippen molar-refractivity contribution < 1.29 is 23.7 Å². The van der Waals surface area contributed by atoms with Crippen molar-refractivity contribution in [2.24, 2.45) is 0 Å². The molecule has 0 saturated carbocycles. The molecule has 0 aliphatic rings. The smallest absolute Gasteiger partial charge is 0.305 e. The number of ether oxygens (including phenoxy) is 4. The summed E-state index contributed by atoms with van der Waals surface area (Å²) in [5.41, 5.74) is 6.31. The first kappa shape index (κ1) is 22.3. The quantitative estimate of drug-likeness (QED) is 0.273. The molecule has 6 nitrogen and oxygen atoms in total. The maximum absolute atomic E-state index is 11.5. The minimum atomic E-state index is -0.138. The van der Waals surface area contributed by atoms with Crippen molar-refractivity contribution in [1.29, 1.82) is 0 Å². The normalized spacial score (nSPS) is 10.7. The van der Waals surface area contributed by atoms with Crippen LogP contribution in [0.25, 0.3) is 0 Å². The Balaban J connectivity index is 1.81. The number of rotatable bonds is 16. The molecule has 2 N–H and O–H groups in total. The molecule has 0 amide bonds. The number of anilines is 1. The van der Waals surface area contributed by atoms with E-state index < -0.39 is 0 Å². The van der Waals surface area contributed by atoms with Crippen LogP contribution in [0.1, 0.15) is 45.4 Å². The number of carbonyl (C=O) groups excluding carboxylic acids is 1. The van der Waals surface area contributed by atoms with Crippen LogP contribution in [-0.2, 0) is 19.0 Å². The van der Waals surface area contributed by atoms with E-state index in [-0.39, 0.29) is 5.97 Å². The summed E-state index contributed by atoms with van der Waals surface area (Å²) in [6, 6.07) is 7.24. The summed E-state index contributed by atoms with van der Waals surface area (Å²) in [6.45, 7) is 4.78. The van der Waals surface area contributed by atoms with Crippen molar-refractivity contribution in [3.63, 3.8) is 0 Å². The second-order valence-electron chi connectivity index (χ2n) is 6.03. The Kier molecular flexibility index (Phi) is 13.2. The van der Waals surface area contributed by atoms with E-state index in [0.717, 1.165) is 18.6 Å². The summed E-state index contributed by atoms with van der Waals surface area (Å²) in [6.07, 6.45) is 6.14. The van der Waals surface area contributed by atoms with Gasteiger partial charge in [-0.2, -0.15) is 0 Å². The van der Waals surface area contributed by atoms with Gasteiger partial charge in [-0.25, -0.2) is 0 Å². The highest BCUT2D eigenvalue weighted by Crippen LogP contribution is 2.12. The molecule has 0 bridgehead atoms. The van der Waals surface area contributed by atoms with E-state index in [0.29, 0.717) is 51.7 Å². The minimum absolute atomic E-state index is 0.138. The van der Waals surface area contributed by atoms with Crippen molar-refractivity contribution in [3.05, 3.63) is 24.3 Å². The third-order valence-electron chi connectivity index (χ3n) is 3.72. The molecule has 0 fully saturated rings. The van der Waals surface area contributed by atoms with Gasteiger partial charge in [0.25, 0.3) is 0 Å². The SMILES string of the molecule is CCCCCCCC(=O)OCCOCCOCCOc1ccc(N)cc1. The number of unbranched alkanes of at least 4 members (excludes halogenated alkanes) is 4. The summed E-state index contributed by atoms with van der Waals surface area (Å²) in [4.78, 5) is 11.5. The Morgan fingerprint density at radius 3 is 2.15 bits per heavy atom. The first-order valence-electron chi connectivity index (χ1n) is 9.52. The van der Waals surface area contributed by atoms with Gasteiger partial charge in [0.15, 0.2) is 0 Å². The van der Waals surface area contributed by atoms with Gasteiger partial charge in [-0.3, -0.25) is 4.79 Å². The van der Waals surface area contributed by atoms with Crippen LogP contribution in [0.2, 0.25) is 0 Å². The van der Waals surface area contributed by atoms with Crippen LogP contribution in [0.5, 0.6) is 5.75 Å². The molecule has 0 aromatic heterocycles. The molecule has 0 aliphatic heterocycles. The van der Waals surface area contributed by atoms with Crippen LogP contribution >= 0.6 is 0 Å². The van der Waals surface area contributed by atoms with Crippen molar-refractivity contribution >= 4 is 11.7 Å². The largest absolute Gasteiger partial charge is 0.491 e. The highest BCUT2D eigenvalue weighted by atomic mass is 16.6. The average Bonchev–Trinajstić information content (AvgIpc) is 2.64. The van der Waals surface area contributed by atoms with E-state index in [4.69, 9.17) is 24.7 Å². The molecule has 0 atom stereocenters. The maximum Gasteiger partial charge on any atom is 0.305 e. The standard InChI is InChI=1S/C20H33NO5/c1-2-3-4-5-6-7-20(22)26-17-15-24-13-12-23-14-16-25-19-10-8-18(21)9-11-19/h8-11H,2-7,12-17,21H2,1H3. The lowest BCUT2D eigenvalue weighted by Crippen LogP contribution is -2.14. The molecule has 0 radical (unpaired) electrons. The van der Waals surface area contributed by atoms with Crippen molar-refractivity contribution in [1.82, 2.24) is 0 Å². The predicted molar refractivity (Wildman–Crippen MR) is 102 cm³/mol. The van der Waals surface area contributed by atoms with Gasteiger partial charge in [0, 0.05) is 12.1 Å². The number of benzene rings is 1. The second kappa shape index (κ2) is 15.5. The molecule has 1 rings (SSSR count). The number of nitrogens with two attached hydrogens (primary N) is 1. The lowest BCUT2D eigenvalue weighted by Gasteiger charge is -2.08. The Labute approximate surface area is 156 Å². The molecule has 0 heterocycles. The zero-order valence-corrected chi connectivity index (χ0v) is 15.9. The van der Waals surface area contributed by atoms with E-state index in [1.807, 2.05) is 12.1 Å². The van der Waals surface area contributed by atoms with Crippen LogP contribution in [-0.4, -0.2) is 45.6 Å². The highest BCUT2D eigenvalue weighted by molar-refractivity contribution is 5.69. The van der Waals surface area contributed by atoms with Crippen molar-refractivity contribution in [3.8, 4) is 5.75 Å². The minimum Gasteiger partial charge on any atom is -0.491 e. The molecule has 0 unspecified atom stereocenters. The molecule has 0 saturated heterocycles. The molecule has 1 aromatic rings. The third-order valence-corrected chi connectivity index (χ3v) is 3.72. The molecule has 0 spiro atoms. The van der Waals surface area contributed by atoms with E-state index in [2.05, 4.69) is 6.92 Å². The molecule has 148 valence electrons. The molecular formula is C20H33NO5. The molecule has 6 heteroatoms. The van der Waals surface area contributed by atoms with E-state index >= 15 is 0 Å². The first-order valence-corrected chi connectivity index (χ1v) is 9.52. The monoisotopic (exact) mass is 367 g/mol. The predicted octanol–water partition coefficient (Wildman–Crippen LogP) is 3.58. The second-order valence-corrected chi connectivity index (χ2v) is 6.03. The fourth-order valence-electron chi connectivity index (χ4n) is 2.26. The van der Waals surface area contributed by atoms with E-state index in [1.165, 1.54) is 19.3 Å². The van der Waals surface area contributed by atoms with Gasteiger partial charge in [-0.05, 0) is 30.7 Å². The Bertz CT molecular complexity index is 464. The van der Waals surface area contributed by atoms with Gasteiger partial charge in [0.05, 0.1) is 26.4 Å². The van der Waals surface area contributed by atoms with E-state index in [1.54, 1.807) is 12.1 Å². The fourth-order valence-corrected chi connectivity index (χ4v) is 2.26. The van der Waals surface area contributed by atoms with Crippen LogP contribution in [0.4, 0.5) is 5.69 Å². The molecule has 1 aromatic carbocycles. The summed E-state index contributed by atoms with van der Waals surface area (Å²) in [7, 11) is 0. The van der Waals surface area contributed by atoms with Crippen LogP contribution < -0.4 is 10.5 Å². The Morgan fingerprint density at radius 2 is 1.46 bits per heavy atom. The van der Waals surface area contributed by atoms with Gasteiger partial charge < -0.3 is 24.7 Å². The van der Waals surface area contributed by atoms with Gasteiger partial charge >= 0.3 is 5.97 Å². The third kappa shape index (κ3) is 12.6. The van der Waals surface area contributed by atoms with Crippen molar-refractivity contribution in [2.75, 3.05) is 45.4 Å². The summed E-state index contributed by atoms with van der Waals surface area (Å²) >= 11 is 0. The summed E-state index contributed by atoms with van der Waals surface area (Å²) in [5, 5.41) is 0. The van der Waals surface area contributed by atoms with Crippen molar-refractivity contribution in [2.45, 2.75) is 45.4 Å². The van der Waals surface area contributed by atoms with E-state index in [9.17, 15) is 4.79 Å². The Morgan fingerprint density at radius 1 is 0.846 bits per heavy atom. The number of esters is 1. The van der Waals surface area contributed by atoms with Gasteiger partial charge in [-0.15, -0.1) is 0 Å². The molecule has 0 aliphatic carbocycles. The van der Waals surface area contributed by atoms with Gasteiger partial charge in [0.1, 0.15) is 19.0 Å². The van der Waals surface area contributed by atoms with Crippen LogP contribution in [0, 0.1) is 0 Å².